The van der Waals surface area contributed by atoms with Crippen LogP contribution in [0.2, 0.25) is 0 Å². The second kappa shape index (κ2) is 4.40. The summed E-state index contributed by atoms with van der Waals surface area (Å²) in [6, 6.07) is 0. The number of pyridine rings is 1. The number of halogens is 2. The van der Waals surface area contributed by atoms with E-state index in [1.54, 1.807) is 6.20 Å². The monoisotopic (exact) mass is 261 g/mol. The lowest BCUT2D eigenvalue weighted by Gasteiger charge is -2.34. The van der Waals surface area contributed by atoms with Gasteiger partial charge < -0.3 is 9.47 Å². The van der Waals surface area contributed by atoms with Gasteiger partial charge in [0.25, 0.3) is 0 Å². The number of fused-ring (bicyclic) bond motifs is 1. The van der Waals surface area contributed by atoms with E-state index in [9.17, 15) is 0 Å². The van der Waals surface area contributed by atoms with E-state index in [4.69, 9.17) is 32.7 Å². The van der Waals surface area contributed by atoms with Gasteiger partial charge in [0.05, 0.1) is 18.2 Å². The summed E-state index contributed by atoms with van der Waals surface area (Å²) in [5.41, 5.74) is 2.63. The number of ether oxygens (including phenoxy) is 2. The first-order valence-electron chi connectivity index (χ1n) is 5.02. The van der Waals surface area contributed by atoms with Crippen molar-refractivity contribution < 1.29 is 9.47 Å². The molecule has 0 spiro atoms. The molecule has 0 saturated heterocycles. The van der Waals surface area contributed by atoms with Gasteiger partial charge in [0, 0.05) is 31.5 Å². The molecule has 0 aromatic carbocycles. The number of hydrogen-bond donors (Lipinski definition) is 0. The summed E-state index contributed by atoms with van der Waals surface area (Å²) in [6.07, 6.45) is 1.73. The maximum Gasteiger partial charge on any atom is 0.205 e. The molecule has 0 fully saturated rings. The molecule has 0 saturated carbocycles. The predicted molar refractivity (Wildman–Crippen MR) is 62.8 cm³/mol. The van der Waals surface area contributed by atoms with Crippen LogP contribution in [0.15, 0.2) is 6.20 Å². The molecule has 5 heteroatoms. The van der Waals surface area contributed by atoms with E-state index in [0.29, 0.717) is 18.4 Å². The first kappa shape index (κ1) is 12.0. The second-order valence-corrected chi connectivity index (χ2v) is 4.63. The Morgan fingerprint density at radius 1 is 1.38 bits per heavy atom. The number of nitrogens with zero attached hydrogens (tertiary/aromatic N) is 1. The number of aromatic nitrogens is 1. The van der Waals surface area contributed by atoms with Crippen LogP contribution in [-0.4, -0.2) is 10.8 Å². The lowest BCUT2D eigenvalue weighted by molar-refractivity contribution is -0.180. The van der Waals surface area contributed by atoms with Crippen molar-refractivity contribution in [2.45, 2.75) is 38.0 Å². The van der Waals surface area contributed by atoms with Gasteiger partial charge in [-0.3, -0.25) is 4.98 Å². The average Bonchev–Trinajstić information content (AvgIpc) is 2.26. The molecule has 1 aliphatic rings. The lowest BCUT2D eigenvalue weighted by Crippen LogP contribution is -2.36. The number of rotatable bonds is 2. The summed E-state index contributed by atoms with van der Waals surface area (Å²) in [6.45, 7) is 4.21. The molecule has 1 aromatic rings. The summed E-state index contributed by atoms with van der Waals surface area (Å²) >= 11 is 11.7. The van der Waals surface area contributed by atoms with Crippen molar-refractivity contribution in [2.24, 2.45) is 0 Å². The number of hydrogen-bond acceptors (Lipinski definition) is 3. The zero-order chi connectivity index (χ0) is 11.8. The molecule has 2 rings (SSSR count). The Balaban J connectivity index is 2.50. The van der Waals surface area contributed by atoms with Crippen LogP contribution in [0.25, 0.3) is 0 Å². The topological polar surface area (TPSA) is 31.4 Å². The highest BCUT2D eigenvalue weighted by atomic mass is 35.5. The Morgan fingerprint density at radius 3 is 2.75 bits per heavy atom. The molecule has 1 aliphatic heterocycles. The van der Waals surface area contributed by atoms with Crippen molar-refractivity contribution in [1.29, 1.82) is 0 Å². The molecular weight excluding hydrogens is 249 g/mol. The van der Waals surface area contributed by atoms with Crippen molar-refractivity contribution in [3.05, 3.63) is 23.0 Å². The maximum absolute atomic E-state index is 5.85. The van der Waals surface area contributed by atoms with E-state index in [2.05, 4.69) is 4.98 Å². The first-order valence-corrected chi connectivity index (χ1v) is 6.09. The first-order chi connectivity index (χ1) is 7.57. The molecule has 0 bridgehead atoms. The van der Waals surface area contributed by atoms with E-state index < -0.39 is 5.79 Å². The fraction of sp³-hybridized carbons (Fsp3) is 0.545. The summed E-state index contributed by atoms with van der Waals surface area (Å²) < 4.78 is 11.3. The highest BCUT2D eigenvalue weighted by molar-refractivity contribution is 6.17. The van der Waals surface area contributed by atoms with Gasteiger partial charge in [-0.05, 0) is 5.56 Å². The summed E-state index contributed by atoms with van der Waals surface area (Å²) in [4.78, 5) is 4.25. The number of alkyl halides is 2. The van der Waals surface area contributed by atoms with Crippen molar-refractivity contribution in [3.63, 3.8) is 0 Å². The van der Waals surface area contributed by atoms with Crippen LogP contribution in [0.1, 0.15) is 30.7 Å². The quantitative estimate of drug-likeness (QED) is 0.767. The molecule has 16 heavy (non-hydrogen) atoms. The van der Waals surface area contributed by atoms with Crippen molar-refractivity contribution in [2.75, 3.05) is 0 Å². The minimum Gasteiger partial charge on any atom is -0.461 e. The van der Waals surface area contributed by atoms with Gasteiger partial charge in [0.15, 0.2) is 5.75 Å². The Bertz CT molecular complexity index is 407. The normalized spacial score (nSPS) is 17.8. The van der Waals surface area contributed by atoms with Crippen LogP contribution in [0.3, 0.4) is 0 Å². The van der Waals surface area contributed by atoms with E-state index >= 15 is 0 Å². The Morgan fingerprint density at radius 2 is 2.12 bits per heavy atom. The van der Waals surface area contributed by atoms with Crippen molar-refractivity contribution in [3.8, 4) is 5.75 Å². The molecule has 0 amide bonds. The molecule has 2 heterocycles. The SMILES string of the molecule is CC1(C)OCc2c(CCl)cnc(CCl)c2O1. The van der Waals surface area contributed by atoms with Gasteiger partial charge in [-0.2, -0.15) is 0 Å². The fourth-order valence-electron chi connectivity index (χ4n) is 1.62. The van der Waals surface area contributed by atoms with E-state index in [1.165, 1.54) is 0 Å². The van der Waals surface area contributed by atoms with Gasteiger partial charge in [0.1, 0.15) is 0 Å². The summed E-state index contributed by atoms with van der Waals surface area (Å²) in [7, 11) is 0. The molecule has 0 atom stereocenters. The summed E-state index contributed by atoms with van der Waals surface area (Å²) in [5, 5.41) is 0. The smallest absolute Gasteiger partial charge is 0.205 e. The van der Waals surface area contributed by atoms with Gasteiger partial charge in [-0.25, -0.2) is 0 Å². The predicted octanol–water partition coefficient (Wildman–Crippen LogP) is 3.20. The van der Waals surface area contributed by atoms with Crippen LogP contribution in [0, 0.1) is 0 Å². The van der Waals surface area contributed by atoms with Crippen LogP contribution in [0.5, 0.6) is 5.75 Å². The molecule has 0 N–H and O–H groups in total. The van der Waals surface area contributed by atoms with Crippen LogP contribution >= 0.6 is 23.2 Å². The minimum atomic E-state index is -0.638. The lowest BCUT2D eigenvalue weighted by atomic mass is 10.1. The fourth-order valence-corrected chi connectivity index (χ4v) is 2.04. The molecule has 88 valence electrons. The van der Waals surface area contributed by atoms with Crippen LogP contribution in [0.4, 0.5) is 0 Å². The van der Waals surface area contributed by atoms with Crippen LogP contribution in [-0.2, 0) is 23.1 Å². The summed E-state index contributed by atoms with van der Waals surface area (Å²) in [5.74, 6) is 0.802. The third-order valence-electron chi connectivity index (χ3n) is 2.48. The van der Waals surface area contributed by atoms with Crippen LogP contribution < -0.4 is 4.74 Å². The Kier molecular flexibility index (Phi) is 3.29. The molecule has 0 unspecified atom stereocenters. The third kappa shape index (κ3) is 2.12. The maximum atomic E-state index is 5.85. The molecule has 0 radical (unpaired) electrons. The van der Waals surface area contributed by atoms with E-state index in [0.717, 1.165) is 22.6 Å². The van der Waals surface area contributed by atoms with Gasteiger partial charge >= 0.3 is 0 Å². The minimum absolute atomic E-state index is 0.320. The molecule has 1 aromatic heterocycles. The van der Waals surface area contributed by atoms with Crippen molar-refractivity contribution in [1.82, 2.24) is 4.98 Å². The van der Waals surface area contributed by atoms with Gasteiger partial charge in [-0.1, -0.05) is 0 Å². The Labute approximate surface area is 105 Å². The van der Waals surface area contributed by atoms with Gasteiger partial charge in [0.2, 0.25) is 5.79 Å². The highest BCUT2D eigenvalue weighted by Crippen LogP contribution is 2.36. The second-order valence-electron chi connectivity index (χ2n) is 4.10. The molecule has 0 aliphatic carbocycles. The zero-order valence-corrected chi connectivity index (χ0v) is 10.7. The standard InChI is InChI=1S/C11H13Cl2NO2/c1-11(2)15-6-8-7(3-12)5-14-9(4-13)10(8)16-11/h5H,3-4,6H2,1-2H3. The average molecular weight is 262 g/mol. The van der Waals surface area contributed by atoms with E-state index in [1.807, 2.05) is 13.8 Å². The third-order valence-corrected chi connectivity index (χ3v) is 3.02. The Hall–Kier alpha value is -0.510. The zero-order valence-electron chi connectivity index (χ0n) is 9.22. The molecular formula is C11H13Cl2NO2. The largest absolute Gasteiger partial charge is 0.461 e. The molecule has 3 nitrogen and oxygen atoms in total. The van der Waals surface area contributed by atoms with E-state index in [-0.39, 0.29) is 0 Å². The highest BCUT2D eigenvalue weighted by Gasteiger charge is 2.30. The van der Waals surface area contributed by atoms with Gasteiger partial charge in [-0.15, -0.1) is 23.2 Å². The van der Waals surface area contributed by atoms with Crippen molar-refractivity contribution >= 4 is 23.2 Å².